The van der Waals surface area contributed by atoms with Gasteiger partial charge in [0.05, 0.1) is 12.6 Å². The van der Waals surface area contributed by atoms with Crippen molar-refractivity contribution in [1.29, 1.82) is 0 Å². The van der Waals surface area contributed by atoms with Crippen LogP contribution in [0.5, 0.6) is 0 Å². The van der Waals surface area contributed by atoms with Crippen molar-refractivity contribution < 1.29 is 4.79 Å². The Kier molecular flexibility index (Phi) is 6.17. The number of carbonyl (C=O) groups is 1. The first-order valence-electron chi connectivity index (χ1n) is 10.3. The number of hydrogen-bond acceptors (Lipinski definition) is 5. The maximum absolute atomic E-state index is 13.0. The van der Waals surface area contributed by atoms with E-state index in [1.54, 1.807) is 35.2 Å². The lowest BCUT2D eigenvalue weighted by Gasteiger charge is -2.26. The Morgan fingerprint density at radius 2 is 1.77 bits per heavy atom. The number of pyridine rings is 1. The van der Waals surface area contributed by atoms with E-state index in [1.807, 2.05) is 30.3 Å². The monoisotopic (exact) mass is 403 g/mol. The SMILES string of the molecule is O=C(NC(Cn1ccccc1=O)c1ccccc1)c1ccnc(N2CCCCC2)n1. The van der Waals surface area contributed by atoms with Crippen LogP contribution in [0.1, 0.15) is 41.4 Å². The van der Waals surface area contributed by atoms with Gasteiger partial charge in [-0.15, -0.1) is 0 Å². The zero-order valence-corrected chi connectivity index (χ0v) is 16.8. The fraction of sp³-hybridized carbons (Fsp3) is 0.304. The molecule has 7 heteroatoms. The Bertz CT molecular complexity index is 1040. The van der Waals surface area contributed by atoms with E-state index in [0.29, 0.717) is 18.2 Å². The summed E-state index contributed by atoms with van der Waals surface area (Å²) in [6, 6.07) is 15.9. The first kappa shape index (κ1) is 19.8. The highest BCUT2D eigenvalue weighted by molar-refractivity contribution is 5.92. The Morgan fingerprint density at radius 1 is 1.00 bits per heavy atom. The second-order valence-electron chi connectivity index (χ2n) is 7.42. The topological polar surface area (TPSA) is 80.1 Å². The van der Waals surface area contributed by atoms with Crippen LogP contribution in [0.3, 0.4) is 0 Å². The Labute approximate surface area is 175 Å². The lowest BCUT2D eigenvalue weighted by atomic mass is 10.1. The van der Waals surface area contributed by atoms with Gasteiger partial charge in [-0.3, -0.25) is 9.59 Å². The standard InChI is InChI=1S/C23H25N5O2/c29-21-11-5-8-16-28(21)17-20(18-9-3-1-4-10-18)25-22(30)19-12-13-24-23(26-19)27-14-6-2-7-15-27/h1,3-5,8-13,16,20H,2,6-7,14-15,17H2,(H,25,30). The molecule has 0 saturated carbocycles. The minimum absolute atomic E-state index is 0.109. The zero-order chi connectivity index (χ0) is 20.8. The molecule has 1 aromatic carbocycles. The van der Waals surface area contributed by atoms with Gasteiger partial charge in [0.2, 0.25) is 5.95 Å². The molecule has 0 aliphatic carbocycles. The smallest absolute Gasteiger partial charge is 0.270 e. The van der Waals surface area contributed by atoms with Crippen LogP contribution in [0.2, 0.25) is 0 Å². The molecule has 0 spiro atoms. The van der Waals surface area contributed by atoms with Gasteiger partial charge in [-0.25, -0.2) is 9.97 Å². The molecular weight excluding hydrogens is 378 g/mol. The van der Waals surface area contributed by atoms with Crippen molar-refractivity contribution in [1.82, 2.24) is 19.9 Å². The summed E-state index contributed by atoms with van der Waals surface area (Å²) in [5.41, 5.74) is 1.14. The van der Waals surface area contributed by atoms with E-state index in [-0.39, 0.29) is 17.5 Å². The van der Waals surface area contributed by atoms with E-state index in [1.165, 1.54) is 12.5 Å². The highest BCUT2D eigenvalue weighted by Gasteiger charge is 2.20. The van der Waals surface area contributed by atoms with Crippen LogP contribution >= 0.6 is 0 Å². The summed E-state index contributed by atoms with van der Waals surface area (Å²) in [5.74, 6) is 0.311. The average Bonchev–Trinajstić information content (AvgIpc) is 2.81. The molecule has 0 bridgehead atoms. The largest absolute Gasteiger partial charge is 0.342 e. The molecule has 3 aromatic rings. The number of aromatic nitrogens is 3. The highest BCUT2D eigenvalue weighted by Crippen LogP contribution is 2.17. The van der Waals surface area contributed by atoms with Crippen molar-refractivity contribution >= 4 is 11.9 Å². The number of nitrogens with one attached hydrogen (secondary N) is 1. The summed E-state index contributed by atoms with van der Waals surface area (Å²) >= 11 is 0. The molecule has 1 fully saturated rings. The van der Waals surface area contributed by atoms with E-state index in [9.17, 15) is 9.59 Å². The Hall–Kier alpha value is -3.48. The molecule has 1 amide bonds. The van der Waals surface area contributed by atoms with Crippen molar-refractivity contribution in [3.63, 3.8) is 0 Å². The molecule has 154 valence electrons. The van der Waals surface area contributed by atoms with E-state index < -0.39 is 0 Å². The van der Waals surface area contributed by atoms with Crippen molar-refractivity contribution in [3.8, 4) is 0 Å². The summed E-state index contributed by atoms with van der Waals surface area (Å²) in [7, 11) is 0. The van der Waals surface area contributed by atoms with E-state index in [4.69, 9.17) is 0 Å². The van der Waals surface area contributed by atoms with E-state index in [2.05, 4.69) is 20.2 Å². The lowest BCUT2D eigenvalue weighted by molar-refractivity contribution is 0.0927. The third kappa shape index (κ3) is 4.74. The van der Waals surface area contributed by atoms with Gasteiger partial charge in [0, 0.05) is 31.5 Å². The third-order valence-electron chi connectivity index (χ3n) is 5.30. The second-order valence-corrected chi connectivity index (χ2v) is 7.42. The third-order valence-corrected chi connectivity index (χ3v) is 5.30. The number of piperidine rings is 1. The number of nitrogens with zero attached hydrogens (tertiary/aromatic N) is 4. The van der Waals surface area contributed by atoms with Gasteiger partial charge in [-0.2, -0.15) is 0 Å². The molecule has 1 unspecified atom stereocenters. The fourth-order valence-electron chi connectivity index (χ4n) is 3.68. The van der Waals surface area contributed by atoms with Gasteiger partial charge in [-0.1, -0.05) is 36.4 Å². The van der Waals surface area contributed by atoms with Crippen molar-refractivity contribution in [2.45, 2.75) is 31.8 Å². The van der Waals surface area contributed by atoms with Gasteiger partial charge < -0.3 is 14.8 Å². The molecule has 1 aliphatic rings. The van der Waals surface area contributed by atoms with Crippen molar-refractivity contribution in [2.24, 2.45) is 0 Å². The summed E-state index contributed by atoms with van der Waals surface area (Å²) in [5, 5.41) is 3.05. The van der Waals surface area contributed by atoms with Crippen LogP contribution in [0.15, 0.2) is 71.8 Å². The molecule has 2 aromatic heterocycles. The first-order chi connectivity index (χ1) is 14.7. The van der Waals surface area contributed by atoms with Crippen molar-refractivity contribution in [2.75, 3.05) is 18.0 Å². The normalized spacial score (nSPS) is 14.9. The van der Waals surface area contributed by atoms with Gasteiger partial charge in [-0.05, 0) is 37.0 Å². The number of benzene rings is 1. The van der Waals surface area contributed by atoms with Crippen LogP contribution in [-0.4, -0.2) is 33.5 Å². The summed E-state index contributed by atoms with van der Waals surface area (Å²) in [4.78, 5) is 36.2. The van der Waals surface area contributed by atoms with Crippen LogP contribution in [0, 0.1) is 0 Å². The average molecular weight is 403 g/mol. The molecule has 1 N–H and O–H groups in total. The van der Waals surface area contributed by atoms with Crippen LogP contribution in [0.4, 0.5) is 5.95 Å². The number of carbonyl (C=O) groups excluding carboxylic acids is 1. The molecule has 4 rings (SSSR count). The summed E-state index contributed by atoms with van der Waals surface area (Å²) < 4.78 is 1.59. The van der Waals surface area contributed by atoms with E-state index in [0.717, 1.165) is 31.5 Å². The molecule has 1 aliphatic heterocycles. The predicted octanol–water partition coefficient (Wildman–Crippen LogP) is 2.80. The molecular formula is C23H25N5O2. The summed E-state index contributed by atoms with van der Waals surface area (Å²) in [6.07, 6.45) is 6.80. The number of hydrogen-bond donors (Lipinski definition) is 1. The second kappa shape index (κ2) is 9.35. The van der Waals surface area contributed by atoms with Crippen LogP contribution in [-0.2, 0) is 6.54 Å². The maximum atomic E-state index is 13.0. The number of rotatable bonds is 6. The Morgan fingerprint density at radius 3 is 2.53 bits per heavy atom. The van der Waals surface area contributed by atoms with Gasteiger partial charge in [0.15, 0.2) is 0 Å². The van der Waals surface area contributed by atoms with Gasteiger partial charge in [0.1, 0.15) is 5.69 Å². The van der Waals surface area contributed by atoms with Gasteiger partial charge >= 0.3 is 0 Å². The fourth-order valence-corrected chi connectivity index (χ4v) is 3.68. The highest BCUT2D eigenvalue weighted by atomic mass is 16.2. The van der Waals surface area contributed by atoms with Gasteiger partial charge in [0.25, 0.3) is 11.5 Å². The lowest BCUT2D eigenvalue weighted by Crippen LogP contribution is -2.35. The number of amides is 1. The molecule has 1 saturated heterocycles. The minimum Gasteiger partial charge on any atom is -0.342 e. The molecule has 30 heavy (non-hydrogen) atoms. The van der Waals surface area contributed by atoms with Crippen LogP contribution in [0.25, 0.3) is 0 Å². The maximum Gasteiger partial charge on any atom is 0.270 e. The predicted molar refractivity (Wildman–Crippen MR) is 115 cm³/mol. The summed E-state index contributed by atoms with van der Waals surface area (Å²) in [6.45, 7) is 2.16. The molecule has 0 radical (unpaired) electrons. The molecule has 7 nitrogen and oxygen atoms in total. The quantitative estimate of drug-likeness (QED) is 0.685. The first-order valence-corrected chi connectivity index (χ1v) is 10.3. The Balaban J connectivity index is 1.56. The number of anilines is 1. The van der Waals surface area contributed by atoms with Crippen LogP contribution < -0.4 is 15.8 Å². The molecule has 1 atom stereocenters. The van der Waals surface area contributed by atoms with Crippen molar-refractivity contribution in [3.05, 3.63) is 88.6 Å². The zero-order valence-electron chi connectivity index (χ0n) is 16.8. The van der Waals surface area contributed by atoms with E-state index >= 15 is 0 Å². The molecule has 3 heterocycles. The minimum atomic E-state index is -0.368.